The monoisotopic (exact) mass is 322 g/mol. The van der Waals surface area contributed by atoms with Gasteiger partial charge in [0, 0.05) is 6.04 Å². The minimum atomic E-state index is -1.35. The van der Waals surface area contributed by atoms with E-state index in [-0.39, 0.29) is 5.92 Å². The quantitative estimate of drug-likeness (QED) is 0.275. The van der Waals surface area contributed by atoms with Crippen molar-refractivity contribution in [2.45, 2.75) is 68.3 Å². The summed E-state index contributed by atoms with van der Waals surface area (Å²) in [6.07, 6.45) is -7.60. The van der Waals surface area contributed by atoms with E-state index in [0.717, 1.165) is 0 Å². The molecule has 10 atom stereocenters. The predicted octanol–water partition coefficient (Wildman–Crippen LogP) is -3.77. The maximum Gasteiger partial charge on any atom is 0.176 e. The molecule has 0 radical (unpaired) electrons. The lowest BCUT2D eigenvalue weighted by atomic mass is 9.80. The topological polar surface area (TPSA) is 172 Å². The van der Waals surface area contributed by atoms with E-state index in [2.05, 4.69) is 0 Å². The summed E-state index contributed by atoms with van der Waals surface area (Å²) in [5, 5.41) is 48.8. The van der Waals surface area contributed by atoms with E-state index >= 15 is 0 Å². The molecule has 0 bridgehead atoms. The van der Waals surface area contributed by atoms with Crippen molar-refractivity contribution in [1.82, 2.24) is 0 Å². The first-order valence-corrected chi connectivity index (χ1v) is 7.43. The normalized spacial score (nSPS) is 53.5. The van der Waals surface area contributed by atoms with Crippen LogP contribution in [0.3, 0.4) is 0 Å². The summed E-state index contributed by atoms with van der Waals surface area (Å²) in [5.74, 6) is -0.177. The molecule has 1 aliphatic heterocycles. The van der Waals surface area contributed by atoms with Crippen LogP contribution in [0.1, 0.15) is 13.3 Å². The van der Waals surface area contributed by atoms with Crippen molar-refractivity contribution in [3.8, 4) is 0 Å². The number of aliphatic hydroxyl groups excluding tert-OH is 5. The van der Waals surface area contributed by atoms with E-state index < -0.39 is 61.6 Å². The van der Waals surface area contributed by atoms with Crippen LogP contribution in [0.2, 0.25) is 0 Å². The van der Waals surface area contributed by atoms with Crippen LogP contribution in [0, 0.1) is 5.92 Å². The van der Waals surface area contributed by atoms with Crippen molar-refractivity contribution >= 4 is 0 Å². The van der Waals surface area contributed by atoms with Gasteiger partial charge in [-0.05, 0) is 12.3 Å². The highest BCUT2D eigenvalue weighted by Gasteiger charge is 2.47. The highest BCUT2D eigenvalue weighted by Crippen LogP contribution is 2.29. The Labute approximate surface area is 128 Å². The third kappa shape index (κ3) is 3.28. The number of hydrogen-bond acceptors (Lipinski definition) is 9. The van der Waals surface area contributed by atoms with Gasteiger partial charge in [-0.15, -0.1) is 0 Å². The molecule has 0 aromatic carbocycles. The number of nitrogens with two attached hydrogens (primary N) is 2. The molecule has 1 saturated carbocycles. The Morgan fingerprint density at radius 3 is 2.27 bits per heavy atom. The standard InChI is InChI=1S/C13H26N2O7/c1-4-2-5(14)12(11(20)8(4)17)22-13-7(15)10(19)9(18)6(3-16)21-13/h4-13,16-20H,2-3,14-15H2,1H3. The first kappa shape index (κ1) is 18.0. The summed E-state index contributed by atoms with van der Waals surface area (Å²) in [4.78, 5) is 0. The van der Waals surface area contributed by atoms with E-state index in [0.29, 0.717) is 6.42 Å². The van der Waals surface area contributed by atoms with Crippen molar-refractivity contribution in [2.75, 3.05) is 6.61 Å². The van der Waals surface area contributed by atoms with Crippen molar-refractivity contribution in [1.29, 1.82) is 0 Å². The van der Waals surface area contributed by atoms with Crippen molar-refractivity contribution in [3.05, 3.63) is 0 Å². The van der Waals surface area contributed by atoms with Crippen molar-refractivity contribution in [2.24, 2.45) is 17.4 Å². The molecule has 9 heteroatoms. The highest BCUT2D eigenvalue weighted by molar-refractivity contribution is 4.97. The highest BCUT2D eigenvalue weighted by atomic mass is 16.7. The number of rotatable bonds is 3. The summed E-state index contributed by atoms with van der Waals surface area (Å²) < 4.78 is 10.9. The first-order chi connectivity index (χ1) is 10.3. The molecule has 10 unspecified atom stereocenters. The van der Waals surface area contributed by atoms with Gasteiger partial charge >= 0.3 is 0 Å². The number of aliphatic hydroxyl groups is 5. The van der Waals surface area contributed by atoms with Crippen LogP contribution < -0.4 is 11.5 Å². The van der Waals surface area contributed by atoms with Gasteiger partial charge < -0.3 is 46.5 Å². The van der Waals surface area contributed by atoms with Gasteiger partial charge in [-0.3, -0.25) is 0 Å². The third-order valence-electron chi connectivity index (χ3n) is 4.56. The van der Waals surface area contributed by atoms with E-state index in [1.807, 2.05) is 0 Å². The molecule has 0 aromatic heterocycles. The summed E-state index contributed by atoms with van der Waals surface area (Å²) in [6, 6.07) is -1.62. The van der Waals surface area contributed by atoms with E-state index in [4.69, 9.17) is 26.0 Å². The molecule has 2 aliphatic rings. The Morgan fingerprint density at radius 1 is 1.05 bits per heavy atom. The zero-order chi connectivity index (χ0) is 16.6. The van der Waals surface area contributed by atoms with Crippen LogP contribution >= 0.6 is 0 Å². The molecule has 0 spiro atoms. The second-order valence-corrected chi connectivity index (χ2v) is 6.24. The third-order valence-corrected chi connectivity index (χ3v) is 4.56. The molecule has 0 amide bonds. The second kappa shape index (κ2) is 7.04. The molecule has 130 valence electrons. The van der Waals surface area contributed by atoms with Gasteiger partial charge in [-0.1, -0.05) is 6.92 Å². The first-order valence-electron chi connectivity index (χ1n) is 7.43. The zero-order valence-corrected chi connectivity index (χ0v) is 12.4. The van der Waals surface area contributed by atoms with Crippen LogP contribution in [-0.4, -0.2) is 87.1 Å². The molecule has 1 heterocycles. The van der Waals surface area contributed by atoms with Crippen LogP contribution in [0.5, 0.6) is 0 Å². The maximum atomic E-state index is 10.1. The molecule has 2 fully saturated rings. The van der Waals surface area contributed by atoms with Gasteiger partial charge in [0.1, 0.15) is 30.5 Å². The molecular formula is C13H26N2O7. The molecule has 0 aromatic rings. The lowest BCUT2D eigenvalue weighted by molar-refractivity contribution is -0.295. The maximum absolute atomic E-state index is 10.1. The molecule has 9 N–H and O–H groups in total. The van der Waals surface area contributed by atoms with Gasteiger partial charge in [0.15, 0.2) is 6.29 Å². The fourth-order valence-electron chi connectivity index (χ4n) is 3.05. The Kier molecular flexibility index (Phi) is 5.75. The Morgan fingerprint density at radius 2 is 1.68 bits per heavy atom. The molecule has 1 saturated heterocycles. The van der Waals surface area contributed by atoms with Crippen LogP contribution in [0.15, 0.2) is 0 Å². The van der Waals surface area contributed by atoms with Crippen LogP contribution in [0.4, 0.5) is 0 Å². The van der Waals surface area contributed by atoms with Gasteiger partial charge in [0.2, 0.25) is 0 Å². The van der Waals surface area contributed by atoms with Gasteiger partial charge in [-0.25, -0.2) is 0 Å². The SMILES string of the molecule is CC1CC(N)C(OC2OC(CO)C(O)C(O)C2N)C(O)C1O. The van der Waals surface area contributed by atoms with Crippen molar-refractivity contribution < 1.29 is 35.0 Å². The molecule has 9 nitrogen and oxygen atoms in total. The lowest BCUT2D eigenvalue weighted by Gasteiger charge is -2.45. The smallest absolute Gasteiger partial charge is 0.176 e. The van der Waals surface area contributed by atoms with E-state index in [1.54, 1.807) is 6.92 Å². The molecular weight excluding hydrogens is 296 g/mol. The minimum Gasteiger partial charge on any atom is -0.394 e. The summed E-state index contributed by atoms with van der Waals surface area (Å²) in [7, 11) is 0. The van der Waals surface area contributed by atoms with Crippen LogP contribution in [0.25, 0.3) is 0 Å². The van der Waals surface area contributed by atoms with Gasteiger partial charge in [-0.2, -0.15) is 0 Å². The summed E-state index contributed by atoms with van der Waals surface area (Å²) in [6.45, 7) is 1.25. The zero-order valence-electron chi connectivity index (χ0n) is 12.4. The summed E-state index contributed by atoms with van der Waals surface area (Å²) in [5.41, 5.74) is 11.7. The second-order valence-electron chi connectivity index (χ2n) is 6.24. The molecule has 2 rings (SSSR count). The largest absolute Gasteiger partial charge is 0.394 e. The average molecular weight is 322 g/mol. The Hall–Kier alpha value is -0.360. The van der Waals surface area contributed by atoms with Crippen molar-refractivity contribution in [3.63, 3.8) is 0 Å². The van der Waals surface area contributed by atoms with Crippen LogP contribution in [-0.2, 0) is 9.47 Å². The minimum absolute atomic E-state index is 0.177. The van der Waals surface area contributed by atoms with Gasteiger partial charge in [0.05, 0.1) is 18.8 Å². The Balaban J connectivity index is 2.08. The molecule has 22 heavy (non-hydrogen) atoms. The fraction of sp³-hybridized carbons (Fsp3) is 1.00. The van der Waals surface area contributed by atoms with E-state index in [9.17, 15) is 20.4 Å². The number of hydrogen-bond donors (Lipinski definition) is 7. The predicted molar refractivity (Wildman–Crippen MR) is 74.4 cm³/mol. The Bertz CT molecular complexity index is 372. The number of ether oxygens (including phenoxy) is 2. The lowest BCUT2D eigenvalue weighted by Crippen LogP contribution is -2.65. The fourth-order valence-corrected chi connectivity index (χ4v) is 3.05. The van der Waals surface area contributed by atoms with Gasteiger partial charge in [0.25, 0.3) is 0 Å². The average Bonchev–Trinajstić information content (AvgIpc) is 2.49. The summed E-state index contributed by atoms with van der Waals surface area (Å²) >= 11 is 0. The molecule has 1 aliphatic carbocycles. The van der Waals surface area contributed by atoms with E-state index in [1.165, 1.54) is 0 Å².